The van der Waals surface area contributed by atoms with Gasteiger partial charge in [-0.25, -0.2) is 15.0 Å². The summed E-state index contributed by atoms with van der Waals surface area (Å²) in [6.45, 7) is 3.87. The van der Waals surface area contributed by atoms with Gasteiger partial charge in [-0.2, -0.15) is 5.26 Å². The number of rotatable bonds is 8. The molecule has 9 heteroatoms. The van der Waals surface area contributed by atoms with Gasteiger partial charge in [0.2, 0.25) is 0 Å². The maximum Gasteiger partial charge on any atom is 0.273 e. The zero-order valence-corrected chi connectivity index (χ0v) is 17.0. The van der Waals surface area contributed by atoms with Crippen molar-refractivity contribution in [2.75, 3.05) is 37.3 Å². The first-order valence-electron chi connectivity index (χ1n) is 9.54. The predicted molar refractivity (Wildman–Crippen MR) is 116 cm³/mol. The van der Waals surface area contributed by atoms with Gasteiger partial charge in [-0.1, -0.05) is 18.2 Å². The smallest absolute Gasteiger partial charge is 0.273 e. The lowest BCUT2D eigenvalue weighted by molar-refractivity contribution is 0.0946. The second-order valence-electron chi connectivity index (χ2n) is 6.85. The minimum absolute atomic E-state index is 0.0863. The lowest BCUT2D eigenvalue weighted by Gasteiger charge is -2.22. The molecule has 30 heavy (non-hydrogen) atoms. The normalized spacial score (nSPS) is 10.6. The summed E-state index contributed by atoms with van der Waals surface area (Å²) in [6, 6.07) is 10.1. The summed E-state index contributed by atoms with van der Waals surface area (Å²) >= 11 is 0. The first kappa shape index (κ1) is 21.0. The van der Waals surface area contributed by atoms with Crippen molar-refractivity contribution in [2.24, 2.45) is 0 Å². The summed E-state index contributed by atoms with van der Waals surface area (Å²) in [6.07, 6.45) is 2.87. The fraction of sp³-hybridized carbons (Fsp3) is 0.286. The summed E-state index contributed by atoms with van der Waals surface area (Å²) in [5.41, 5.74) is 8.71. The van der Waals surface area contributed by atoms with Crippen molar-refractivity contribution < 1.29 is 4.79 Å². The molecule has 0 aliphatic heterocycles. The third kappa shape index (κ3) is 4.79. The van der Waals surface area contributed by atoms with Crippen LogP contribution in [0.3, 0.4) is 0 Å². The fourth-order valence-corrected chi connectivity index (χ4v) is 3.12. The number of nitrogens with one attached hydrogen (secondary N) is 2. The molecular formula is C21H24N8O. The number of benzene rings is 1. The molecular weight excluding hydrogens is 380 g/mol. The van der Waals surface area contributed by atoms with Crippen molar-refractivity contribution in [3.8, 4) is 6.07 Å². The Labute approximate surface area is 175 Å². The molecule has 2 aromatic heterocycles. The first-order valence-corrected chi connectivity index (χ1v) is 9.54. The molecule has 1 amide bonds. The third-order valence-electron chi connectivity index (χ3n) is 4.67. The maximum atomic E-state index is 12.5. The molecule has 1 aromatic carbocycles. The van der Waals surface area contributed by atoms with Gasteiger partial charge in [0.1, 0.15) is 5.82 Å². The summed E-state index contributed by atoms with van der Waals surface area (Å²) < 4.78 is 0. The van der Waals surface area contributed by atoms with Crippen molar-refractivity contribution in [1.82, 2.24) is 25.6 Å². The Morgan fingerprint density at radius 2 is 2.10 bits per heavy atom. The van der Waals surface area contributed by atoms with E-state index < -0.39 is 5.91 Å². The number of aryl methyl sites for hydroxylation is 1. The van der Waals surface area contributed by atoms with Crippen molar-refractivity contribution in [3.05, 3.63) is 53.5 Å². The van der Waals surface area contributed by atoms with E-state index in [0.717, 1.165) is 27.8 Å². The number of nitrogens with zero attached hydrogens (tertiary/aromatic N) is 5. The summed E-state index contributed by atoms with van der Waals surface area (Å²) in [4.78, 5) is 27.3. The van der Waals surface area contributed by atoms with Crippen LogP contribution in [0.4, 0.5) is 11.6 Å². The number of aromatic nitrogens is 3. The average Bonchev–Trinajstić information content (AvgIpc) is 2.75. The fourth-order valence-electron chi connectivity index (χ4n) is 3.12. The Balaban J connectivity index is 1.86. The van der Waals surface area contributed by atoms with Crippen LogP contribution in [0.5, 0.6) is 0 Å². The van der Waals surface area contributed by atoms with Crippen LogP contribution < -0.4 is 21.3 Å². The molecule has 0 bridgehead atoms. The van der Waals surface area contributed by atoms with Gasteiger partial charge in [0, 0.05) is 50.0 Å². The Hall–Kier alpha value is -3.77. The van der Waals surface area contributed by atoms with Gasteiger partial charge in [0.25, 0.3) is 5.91 Å². The largest absolute Gasteiger partial charge is 0.382 e. The van der Waals surface area contributed by atoms with Crippen LogP contribution in [0.25, 0.3) is 10.9 Å². The highest BCUT2D eigenvalue weighted by Gasteiger charge is 2.16. The van der Waals surface area contributed by atoms with Gasteiger partial charge in [-0.05, 0) is 18.6 Å². The highest BCUT2D eigenvalue weighted by molar-refractivity contribution is 5.96. The Kier molecular flexibility index (Phi) is 6.72. The van der Waals surface area contributed by atoms with Crippen molar-refractivity contribution >= 4 is 28.4 Å². The number of likely N-dealkylation sites (N-methyl/N-ethyl adjacent to an activating group) is 1. The van der Waals surface area contributed by atoms with Gasteiger partial charge >= 0.3 is 0 Å². The second kappa shape index (κ2) is 9.62. The molecule has 154 valence electrons. The standard InChI is InChI=1S/C21H24N8O/c1-14-4-3-5-15-12-16(13-27-21(30)18-19(23)26-9-8-25-18)20(28-17(14)15)29(2)11-10-24-7-6-22/h3-5,8-9,12,24H,7,10-11,13H2,1-2H3,(H2,23,26)(H,27,30). The molecule has 0 saturated heterocycles. The molecule has 0 aliphatic carbocycles. The molecule has 0 atom stereocenters. The molecule has 0 radical (unpaired) electrons. The van der Waals surface area contributed by atoms with Crippen LogP contribution >= 0.6 is 0 Å². The van der Waals surface area contributed by atoms with Crippen molar-refractivity contribution in [2.45, 2.75) is 13.5 Å². The van der Waals surface area contributed by atoms with Crippen LogP contribution in [-0.4, -0.2) is 47.5 Å². The molecule has 9 nitrogen and oxygen atoms in total. The molecule has 0 saturated carbocycles. The molecule has 0 aliphatic rings. The van der Waals surface area contributed by atoms with Gasteiger partial charge in [-0.3, -0.25) is 4.79 Å². The number of pyridine rings is 1. The molecule has 3 rings (SSSR count). The number of nitrogens with two attached hydrogens (primary N) is 1. The number of hydrogen-bond donors (Lipinski definition) is 3. The molecule has 2 heterocycles. The first-order chi connectivity index (χ1) is 14.5. The number of carbonyl (C=O) groups excluding carboxylic acids is 1. The predicted octanol–water partition coefficient (Wildman–Crippen LogP) is 1.39. The topological polar surface area (TPSA) is 133 Å². The van der Waals surface area contributed by atoms with E-state index in [0.29, 0.717) is 19.6 Å². The van der Waals surface area contributed by atoms with Crippen LogP contribution in [0, 0.1) is 18.3 Å². The highest BCUT2D eigenvalue weighted by Crippen LogP contribution is 2.25. The Morgan fingerprint density at radius 3 is 2.87 bits per heavy atom. The van der Waals surface area contributed by atoms with Crippen LogP contribution in [0.15, 0.2) is 36.7 Å². The number of nitriles is 1. The minimum atomic E-state index is -0.394. The number of fused-ring (bicyclic) bond motifs is 1. The van der Waals surface area contributed by atoms with Gasteiger partial charge in [0.15, 0.2) is 11.5 Å². The summed E-state index contributed by atoms with van der Waals surface area (Å²) in [5, 5.41) is 15.6. The zero-order chi connectivity index (χ0) is 21.5. The zero-order valence-electron chi connectivity index (χ0n) is 17.0. The number of hydrogen-bond acceptors (Lipinski definition) is 8. The lowest BCUT2D eigenvalue weighted by Crippen LogP contribution is -2.31. The van der Waals surface area contributed by atoms with E-state index in [1.807, 2.05) is 43.1 Å². The van der Waals surface area contributed by atoms with Crippen LogP contribution in [0.2, 0.25) is 0 Å². The molecule has 0 spiro atoms. The number of carbonyl (C=O) groups is 1. The monoisotopic (exact) mass is 404 g/mol. The van der Waals surface area contributed by atoms with E-state index in [1.165, 1.54) is 12.4 Å². The van der Waals surface area contributed by atoms with Crippen molar-refractivity contribution in [1.29, 1.82) is 5.26 Å². The maximum absolute atomic E-state index is 12.5. The third-order valence-corrected chi connectivity index (χ3v) is 4.67. The van der Waals surface area contributed by atoms with Crippen LogP contribution in [-0.2, 0) is 6.54 Å². The van der Waals surface area contributed by atoms with Crippen LogP contribution in [0.1, 0.15) is 21.6 Å². The summed E-state index contributed by atoms with van der Waals surface area (Å²) in [7, 11) is 1.94. The van der Waals surface area contributed by atoms with E-state index in [4.69, 9.17) is 16.0 Å². The number of amides is 1. The van der Waals surface area contributed by atoms with Gasteiger partial charge in [0.05, 0.1) is 18.1 Å². The number of nitrogen functional groups attached to an aromatic ring is 1. The van der Waals surface area contributed by atoms with E-state index in [-0.39, 0.29) is 18.1 Å². The van der Waals surface area contributed by atoms with E-state index in [1.54, 1.807) is 0 Å². The number of anilines is 2. The second-order valence-corrected chi connectivity index (χ2v) is 6.85. The highest BCUT2D eigenvalue weighted by atomic mass is 16.1. The van der Waals surface area contributed by atoms with E-state index in [2.05, 4.69) is 26.7 Å². The van der Waals surface area contributed by atoms with Gasteiger partial charge < -0.3 is 21.3 Å². The lowest BCUT2D eigenvalue weighted by atomic mass is 10.1. The number of para-hydroxylation sites is 1. The molecule has 0 fully saturated rings. The summed E-state index contributed by atoms with van der Waals surface area (Å²) in [5.74, 6) is 0.459. The SMILES string of the molecule is Cc1cccc2cc(CNC(=O)c3nccnc3N)c(N(C)CCNCC#N)nc12. The Bertz CT molecular complexity index is 1090. The molecule has 4 N–H and O–H groups in total. The average molecular weight is 404 g/mol. The minimum Gasteiger partial charge on any atom is -0.382 e. The van der Waals surface area contributed by atoms with E-state index >= 15 is 0 Å². The van der Waals surface area contributed by atoms with E-state index in [9.17, 15) is 4.79 Å². The van der Waals surface area contributed by atoms with Gasteiger partial charge in [-0.15, -0.1) is 0 Å². The molecule has 3 aromatic rings. The quantitative estimate of drug-likeness (QED) is 0.379. The molecule has 0 unspecified atom stereocenters. The van der Waals surface area contributed by atoms with Crippen molar-refractivity contribution in [3.63, 3.8) is 0 Å². The Morgan fingerprint density at radius 1 is 1.30 bits per heavy atom.